The molecule has 0 bridgehead atoms. The van der Waals surface area contributed by atoms with E-state index in [1.807, 2.05) is 0 Å². The molecule has 3 nitrogen and oxygen atoms in total. The third-order valence-electron chi connectivity index (χ3n) is 5.28. The van der Waals surface area contributed by atoms with Crippen LogP contribution in [0.15, 0.2) is 24.3 Å². The fraction of sp³-hybridized carbons (Fsp3) is 0.500. The minimum Gasteiger partial charge on any atom is -0.357 e. The Morgan fingerprint density at radius 3 is 3.10 bits per heavy atom. The van der Waals surface area contributed by atoms with E-state index < -0.39 is 0 Å². The number of nitrogens with zero attached hydrogens (tertiary/aromatic N) is 2. The van der Waals surface area contributed by atoms with E-state index in [1.165, 1.54) is 48.1 Å². The largest absolute Gasteiger partial charge is 0.357 e. The van der Waals surface area contributed by atoms with Gasteiger partial charge in [-0.1, -0.05) is 18.2 Å². The number of H-pyrrole nitrogens is 1. The molecule has 0 aliphatic carbocycles. The second-order valence-electron chi connectivity index (χ2n) is 6.39. The van der Waals surface area contributed by atoms with Crippen molar-refractivity contribution in [1.82, 2.24) is 9.88 Å². The van der Waals surface area contributed by atoms with E-state index in [9.17, 15) is 0 Å². The maximum Gasteiger partial charge on any atom is 0.0621 e. The summed E-state index contributed by atoms with van der Waals surface area (Å²) in [5.41, 5.74) is 4.23. The molecular formula is C18H21N3. The van der Waals surface area contributed by atoms with Gasteiger partial charge < -0.3 is 4.98 Å². The zero-order valence-electron chi connectivity index (χ0n) is 12.3. The molecule has 0 saturated carbocycles. The number of rotatable bonds is 2. The van der Waals surface area contributed by atoms with Crippen molar-refractivity contribution in [2.24, 2.45) is 5.92 Å². The lowest BCUT2D eigenvalue weighted by Crippen LogP contribution is -2.43. The summed E-state index contributed by atoms with van der Waals surface area (Å²) in [7, 11) is 0. The number of nitrogens with one attached hydrogen (secondary N) is 1. The summed E-state index contributed by atoms with van der Waals surface area (Å²) in [5, 5.41) is 10.3. The van der Waals surface area contributed by atoms with Crippen molar-refractivity contribution in [3.8, 4) is 6.07 Å². The molecule has 4 rings (SSSR count). The van der Waals surface area contributed by atoms with E-state index >= 15 is 0 Å². The predicted octanol–water partition coefficient (Wildman–Crippen LogP) is 3.78. The number of para-hydroxylation sites is 1. The van der Waals surface area contributed by atoms with Gasteiger partial charge in [0, 0.05) is 29.6 Å². The molecule has 0 spiro atoms. The summed E-state index contributed by atoms with van der Waals surface area (Å²) in [6, 6.07) is 11.5. The van der Waals surface area contributed by atoms with Crippen LogP contribution in [-0.4, -0.2) is 23.0 Å². The van der Waals surface area contributed by atoms with Gasteiger partial charge in [-0.3, -0.25) is 4.90 Å². The first-order chi connectivity index (χ1) is 10.4. The van der Waals surface area contributed by atoms with Gasteiger partial charge >= 0.3 is 0 Å². The lowest BCUT2D eigenvalue weighted by atomic mass is 9.80. The summed E-state index contributed by atoms with van der Waals surface area (Å²) in [6.45, 7) is 2.38. The van der Waals surface area contributed by atoms with Crippen LogP contribution in [0, 0.1) is 17.2 Å². The van der Waals surface area contributed by atoms with Crippen molar-refractivity contribution in [3.05, 3.63) is 35.5 Å². The molecule has 2 atom stereocenters. The van der Waals surface area contributed by atoms with Crippen molar-refractivity contribution in [2.75, 3.05) is 13.1 Å². The Hall–Kier alpha value is -1.79. The Morgan fingerprint density at radius 1 is 1.29 bits per heavy atom. The first-order valence-electron chi connectivity index (χ1n) is 8.09. The Bertz CT molecular complexity index is 694. The van der Waals surface area contributed by atoms with Gasteiger partial charge in [-0.25, -0.2) is 0 Å². The minimum atomic E-state index is 0.503. The standard InChI is InChI=1S/C18H21N3/c19-10-3-5-13-6-4-11-21-12-9-15-14-7-1-2-8-16(14)20-17(15)18(13)21/h1-2,7-8,13,18,20H,3-6,9,11-12H2. The number of hydrogen-bond donors (Lipinski definition) is 1. The average Bonchev–Trinajstić information content (AvgIpc) is 2.91. The molecule has 21 heavy (non-hydrogen) atoms. The molecule has 1 aromatic heterocycles. The fourth-order valence-corrected chi connectivity index (χ4v) is 4.37. The molecule has 2 unspecified atom stereocenters. The van der Waals surface area contributed by atoms with Crippen molar-refractivity contribution in [3.63, 3.8) is 0 Å². The van der Waals surface area contributed by atoms with Crippen molar-refractivity contribution in [2.45, 2.75) is 38.1 Å². The van der Waals surface area contributed by atoms with Crippen LogP contribution >= 0.6 is 0 Å². The van der Waals surface area contributed by atoms with Gasteiger partial charge in [0.05, 0.1) is 12.1 Å². The van der Waals surface area contributed by atoms with E-state index in [1.54, 1.807) is 0 Å². The molecule has 0 radical (unpaired) electrons. The molecule has 108 valence electrons. The highest BCUT2D eigenvalue weighted by molar-refractivity contribution is 5.85. The zero-order chi connectivity index (χ0) is 14.2. The number of piperidine rings is 1. The zero-order valence-corrected chi connectivity index (χ0v) is 12.3. The molecule has 1 saturated heterocycles. The summed E-state index contributed by atoms with van der Waals surface area (Å²) < 4.78 is 0. The van der Waals surface area contributed by atoms with E-state index in [-0.39, 0.29) is 0 Å². The Balaban J connectivity index is 1.78. The third-order valence-corrected chi connectivity index (χ3v) is 5.28. The van der Waals surface area contributed by atoms with Crippen LogP contribution in [0.25, 0.3) is 10.9 Å². The lowest BCUT2D eigenvalue weighted by molar-refractivity contribution is 0.0770. The van der Waals surface area contributed by atoms with E-state index in [4.69, 9.17) is 5.26 Å². The highest BCUT2D eigenvalue weighted by Gasteiger charge is 2.37. The van der Waals surface area contributed by atoms with Crippen LogP contribution in [0.2, 0.25) is 0 Å². The molecule has 2 aromatic rings. The molecule has 3 heterocycles. The van der Waals surface area contributed by atoms with Crippen LogP contribution < -0.4 is 0 Å². The normalized spacial score (nSPS) is 25.3. The summed E-state index contributed by atoms with van der Waals surface area (Å²) >= 11 is 0. The van der Waals surface area contributed by atoms with E-state index in [0.29, 0.717) is 18.4 Å². The molecule has 1 aromatic carbocycles. The molecular weight excluding hydrogens is 258 g/mol. The van der Waals surface area contributed by atoms with Crippen LogP contribution in [0.5, 0.6) is 0 Å². The maximum absolute atomic E-state index is 8.93. The summed E-state index contributed by atoms with van der Waals surface area (Å²) in [4.78, 5) is 6.34. The third kappa shape index (κ3) is 2.06. The number of hydrogen-bond acceptors (Lipinski definition) is 2. The first kappa shape index (κ1) is 12.9. The van der Waals surface area contributed by atoms with Crippen molar-refractivity contribution in [1.29, 1.82) is 5.26 Å². The van der Waals surface area contributed by atoms with Crippen molar-refractivity contribution < 1.29 is 0 Å². The topological polar surface area (TPSA) is 42.8 Å². The maximum atomic E-state index is 8.93. The fourth-order valence-electron chi connectivity index (χ4n) is 4.37. The van der Waals surface area contributed by atoms with Gasteiger partial charge in [-0.05, 0) is 49.8 Å². The Morgan fingerprint density at radius 2 is 2.19 bits per heavy atom. The molecule has 2 aliphatic rings. The van der Waals surface area contributed by atoms with Gasteiger partial charge in [0.2, 0.25) is 0 Å². The predicted molar refractivity (Wildman–Crippen MR) is 83.9 cm³/mol. The molecule has 3 heteroatoms. The number of aromatic amines is 1. The first-order valence-corrected chi connectivity index (χ1v) is 8.09. The highest BCUT2D eigenvalue weighted by Crippen LogP contribution is 2.43. The van der Waals surface area contributed by atoms with E-state index in [0.717, 1.165) is 12.8 Å². The monoisotopic (exact) mass is 279 g/mol. The lowest BCUT2D eigenvalue weighted by Gasteiger charge is -2.44. The second-order valence-corrected chi connectivity index (χ2v) is 6.39. The van der Waals surface area contributed by atoms with Gasteiger partial charge in [0.1, 0.15) is 0 Å². The van der Waals surface area contributed by atoms with Crippen LogP contribution in [0.3, 0.4) is 0 Å². The quantitative estimate of drug-likeness (QED) is 0.909. The van der Waals surface area contributed by atoms with Crippen LogP contribution in [0.1, 0.15) is 43.0 Å². The van der Waals surface area contributed by atoms with Crippen LogP contribution in [-0.2, 0) is 6.42 Å². The number of benzene rings is 1. The highest BCUT2D eigenvalue weighted by atomic mass is 15.2. The Kier molecular flexibility index (Phi) is 3.20. The van der Waals surface area contributed by atoms with Crippen LogP contribution in [0.4, 0.5) is 0 Å². The Labute approximate surface area is 125 Å². The molecule has 2 aliphatic heterocycles. The second kappa shape index (κ2) is 5.20. The molecule has 0 amide bonds. The van der Waals surface area contributed by atoms with Gasteiger partial charge in [0.15, 0.2) is 0 Å². The van der Waals surface area contributed by atoms with E-state index in [2.05, 4.69) is 40.2 Å². The van der Waals surface area contributed by atoms with Gasteiger partial charge in [-0.15, -0.1) is 0 Å². The average molecular weight is 279 g/mol. The summed E-state index contributed by atoms with van der Waals surface area (Å²) in [6.07, 6.45) is 5.41. The summed E-state index contributed by atoms with van der Waals surface area (Å²) in [5.74, 6) is 0.630. The smallest absolute Gasteiger partial charge is 0.0621 e. The molecule has 1 fully saturated rings. The minimum absolute atomic E-state index is 0.503. The molecule has 1 N–H and O–H groups in total. The van der Waals surface area contributed by atoms with Gasteiger partial charge in [-0.2, -0.15) is 5.26 Å². The van der Waals surface area contributed by atoms with Gasteiger partial charge in [0.25, 0.3) is 0 Å². The SMILES string of the molecule is N#CCCC1CCCN2CCc3c([nH]c4ccccc34)C12. The van der Waals surface area contributed by atoms with Crippen molar-refractivity contribution >= 4 is 10.9 Å². The number of nitriles is 1. The number of aromatic nitrogens is 1. The number of fused-ring (bicyclic) bond motifs is 5.